The van der Waals surface area contributed by atoms with Gasteiger partial charge in [0.15, 0.2) is 0 Å². The van der Waals surface area contributed by atoms with Crippen molar-refractivity contribution in [2.75, 3.05) is 32.7 Å². The van der Waals surface area contributed by atoms with E-state index in [1.807, 2.05) is 6.92 Å². The molecule has 0 aliphatic carbocycles. The van der Waals surface area contributed by atoms with E-state index in [1.54, 1.807) is 0 Å². The Morgan fingerprint density at radius 2 is 1.94 bits per heavy atom. The van der Waals surface area contributed by atoms with E-state index in [9.17, 15) is 4.79 Å². The number of carbonyl (C=O) groups is 1. The van der Waals surface area contributed by atoms with Crippen LogP contribution in [0, 0.1) is 5.92 Å². The minimum atomic E-state index is -0.0585. The average Bonchev–Trinajstić information content (AvgIpc) is 2.75. The van der Waals surface area contributed by atoms with Crippen LogP contribution in [0.1, 0.15) is 26.2 Å². The lowest BCUT2D eigenvalue weighted by molar-refractivity contribution is -0.124. The van der Waals surface area contributed by atoms with Crippen LogP contribution in [0.3, 0.4) is 0 Å². The van der Waals surface area contributed by atoms with Crippen molar-refractivity contribution in [3.05, 3.63) is 0 Å². The predicted octanol–water partition coefficient (Wildman–Crippen LogP) is 1.03. The molecule has 1 atom stereocenters. The van der Waals surface area contributed by atoms with Crippen LogP contribution in [0.15, 0.2) is 0 Å². The summed E-state index contributed by atoms with van der Waals surface area (Å²) >= 11 is 0. The Balaban J connectivity index is 0. The van der Waals surface area contributed by atoms with Gasteiger partial charge in [-0.15, -0.1) is 24.8 Å². The third kappa shape index (κ3) is 7.82. The molecule has 17 heavy (non-hydrogen) atoms. The zero-order valence-electron chi connectivity index (χ0n) is 10.5. The van der Waals surface area contributed by atoms with Gasteiger partial charge in [-0.2, -0.15) is 0 Å². The van der Waals surface area contributed by atoms with Crippen molar-refractivity contribution in [2.24, 2.45) is 11.7 Å². The van der Waals surface area contributed by atoms with Crippen LogP contribution in [0.25, 0.3) is 0 Å². The lowest BCUT2D eigenvalue weighted by atomic mass is 10.2. The molecule has 0 aromatic carbocycles. The molecule has 1 rings (SSSR count). The Morgan fingerprint density at radius 3 is 2.47 bits per heavy atom. The maximum absolute atomic E-state index is 11.4. The fourth-order valence-electron chi connectivity index (χ4n) is 1.80. The molecule has 6 heteroatoms. The van der Waals surface area contributed by atoms with Gasteiger partial charge in [-0.3, -0.25) is 4.79 Å². The van der Waals surface area contributed by atoms with Gasteiger partial charge in [-0.1, -0.05) is 6.92 Å². The average molecular weight is 286 g/mol. The molecule has 0 saturated carbocycles. The van der Waals surface area contributed by atoms with E-state index in [0.29, 0.717) is 6.54 Å². The summed E-state index contributed by atoms with van der Waals surface area (Å²) in [5.41, 5.74) is 5.41. The van der Waals surface area contributed by atoms with Crippen LogP contribution < -0.4 is 11.1 Å². The van der Waals surface area contributed by atoms with Gasteiger partial charge in [0.25, 0.3) is 0 Å². The summed E-state index contributed by atoms with van der Waals surface area (Å²) in [4.78, 5) is 13.8. The molecule has 104 valence electrons. The Bertz CT molecular complexity index is 199. The molecular formula is C11H25Cl2N3O. The largest absolute Gasteiger partial charge is 0.356 e. The lowest BCUT2D eigenvalue weighted by Gasteiger charge is -2.15. The molecule has 1 unspecified atom stereocenters. The molecule has 1 amide bonds. The number of nitrogens with two attached hydrogens (primary N) is 1. The van der Waals surface area contributed by atoms with Crippen LogP contribution in [0.5, 0.6) is 0 Å². The number of rotatable bonds is 6. The van der Waals surface area contributed by atoms with Gasteiger partial charge < -0.3 is 16.0 Å². The van der Waals surface area contributed by atoms with Crippen molar-refractivity contribution in [1.82, 2.24) is 10.2 Å². The van der Waals surface area contributed by atoms with Crippen molar-refractivity contribution in [1.29, 1.82) is 0 Å². The second-order valence-electron chi connectivity index (χ2n) is 4.33. The van der Waals surface area contributed by atoms with Crippen molar-refractivity contribution in [3.63, 3.8) is 0 Å². The summed E-state index contributed by atoms with van der Waals surface area (Å²) in [7, 11) is 0. The first-order chi connectivity index (χ1) is 7.24. The Kier molecular flexibility index (Phi) is 12.6. The molecule has 1 aliphatic rings. The molecule has 3 N–H and O–H groups in total. The molecule has 1 saturated heterocycles. The number of hydrogen-bond acceptors (Lipinski definition) is 3. The van der Waals surface area contributed by atoms with Gasteiger partial charge in [0.05, 0.1) is 0 Å². The van der Waals surface area contributed by atoms with Crippen molar-refractivity contribution in [3.8, 4) is 0 Å². The van der Waals surface area contributed by atoms with Crippen LogP contribution >= 0.6 is 24.8 Å². The lowest BCUT2D eigenvalue weighted by Crippen LogP contribution is -2.35. The minimum Gasteiger partial charge on any atom is -0.356 e. The van der Waals surface area contributed by atoms with E-state index in [-0.39, 0.29) is 36.6 Å². The quantitative estimate of drug-likeness (QED) is 0.717. The first-order valence-electron chi connectivity index (χ1n) is 5.94. The smallest absolute Gasteiger partial charge is 0.224 e. The maximum Gasteiger partial charge on any atom is 0.224 e. The zero-order chi connectivity index (χ0) is 11.1. The Morgan fingerprint density at radius 1 is 1.35 bits per heavy atom. The minimum absolute atomic E-state index is 0. The molecule has 1 fully saturated rings. The summed E-state index contributed by atoms with van der Waals surface area (Å²) < 4.78 is 0. The zero-order valence-corrected chi connectivity index (χ0v) is 12.1. The molecular weight excluding hydrogens is 261 g/mol. The third-order valence-corrected chi connectivity index (χ3v) is 2.95. The summed E-state index contributed by atoms with van der Waals surface area (Å²) in [5, 5.41) is 2.91. The fourth-order valence-corrected chi connectivity index (χ4v) is 1.80. The summed E-state index contributed by atoms with van der Waals surface area (Å²) in [6, 6.07) is 0. The van der Waals surface area contributed by atoms with E-state index in [0.717, 1.165) is 19.5 Å². The van der Waals surface area contributed by atoms with Gasteiger partial charge in [-0.05, 0) is 38.9 Å². The molecule has 1 heterocycles. The summed E-state index contributed by atoms with van der Waals surface area (Å²) in [6.45, 7) is 6.63. The van der Waals surface area contributed by atoms with Crippen molar-refractivity contribution >= 4 is 30.7 Å². The third-order valence-electron chi connectivity index (χ3n) is 2.95. The number of nitrogens with zero attached hydrogens (tertiary/aromatic N) is 1. The number of nitrogens with one attached hydrogen (secondary N) is 1. The predicted molar refractivity (Wildman–Crippen MR) is 76.0 cm³/mol. The number of carbonyl (C=O) groups excluding carboxylic acids is 1. The van der Waals surface area contributed by atoms with Crippen LogP contribution in [0.4, 0.5) is 0 Å². The van der Waals surface area contributed by atoms with E-state index < -0.39 is 0 Å². The standard InChI is InChI=1S/C11H23N3O.2ClH/c1-10(9-12)11(15)13-5-4-8-14-6-2-3-7-14;;/h10H,2-9,12H2,1H3,(H,13,15);2*1H. The molecule has 0 spiro atoms. The maximum atomic E-state index is 11.4. The highest BCUT2D eigenvalue weighted by Gasteiger charge is 2.12. The molecule has 0 bridgehead atoms. The van der Waals surface area contributed by atoms with Crippen LogP contribution in [0.2, 0.25) is 0 Å². The molecule has 0 radical (unpaired) electrons. The van der Waals surface area contributed by atoms with E-state index in [2.05, 4.69) is 10.2 Å². The monoisotopic (exact) mass is 285 g/mol. The topological polar surface area (TPSA) is 58.4 Å². The number of amides is 1. The Hall–Kier alpha value is -0.0300. The molecule has 4 nitrogen and oxygen atoms in total. The first kappa shape index (κ1) is 19.3. The van der Waals surface area contributed by atoms with E-state index in [4.69, 9.17) is 5.73 Å². The first-order valence-corrected chi connectivity index (χ1v) is 5.94. The normalized spacial score (nSPS) is 16.8. The second-order valence-corrected chi connectivity index (χ2v) is 4.33. The Labute approximate surface area is 117 Å². The van der Waals surface area contributed by atoms with Gasteiger partial charge >= 0.3 is 0 Å². The number of halogens is 2. The highest BCUT2D eigenvalue weighted by atomic mass is 35.5. The number of likely N-dealkylation sites (tertiary alicyclic amines) is 1. The molecule has 1 aliphatic heterocycles. The molecule has 0 aromatic rings. The number of hydrogen-bond donors (Lipinski definition) is 2. The van der Waals surface area contributed by atoms with Crippen molar-refractivity contribution in [2.45, 2.75) is 26.2 Å². The summed E-state index contributed by atoms with van der Waals surface area (Å²) in [5.74, 6) is 0.0238. The SMILES string of the molecule is CC(CN)C(=O)NCCCN1CCCC1.Cl.Cl. The van der Waals surface area contributed by atoms with Gasteiger partial charge in [0, 0.05) is 19.0 Å². The summed E-state index contributed by atoms with van der Waals surface area (Å²) in [6.07, 6.45) is 3.70. The van der Waals surface area contributed by atoms with Gasteiger partial charge in [0.1, 0.15) is 0 Å². The second kappa shape index (κ2) is 11.1. The fraction of sp³-hybridized carbons (Fsp3) is 0.909. The van der Waals surface area contributed by atoms with Gasteiger partial charge in [0.2, 0.25) is 5.91 Å². The van der Waals surface area contributed by atoms with Gasteiger partial charge in [-0.25, -0.2) is 0 Å². The highest BCUT2D eigenvalue weighted by Crippen LogP contribution is 2.06. The van der Waals surface area contributed by atoms with Crippen LogP contribution in [-0.2, 0) is 4.79 Å². The van der Waals surface area contributed by atoms with E-state index >= 15 is 0 Å². The van der Waals surface area contributed by atoms with Crippen molar-refractivity contribution < 1.29 is 4.79 Å². The molecule has 0 aromatic heterocycles. The van der Waals surface area contributed by atoms with Crippen LogP contribution in [-0.4, -0.2) is 43.5 Å². The van der Waals surface area contributed by atoms with E-state index in [1.165, 1.54) is 25.9 Å². The highest BCUT2D eigenvalue weighted by molar-refractivity contribution is 5.85.